The summed E-state index contributed by atoms with van der Waals surface area (Å²) in [5, 5.41) is 2.08. The zero-order valence-corrected chi connectivity index (χ0v) is 18.1. The number of hydrogen-bond donors (Lipinski definition) is 1. The average Bonchev–Trinajstić information content (AvgIpc) is 2.94. The number of carbonyl (C=O) groups excluding carboxylic acids is 2. The van der Waals surface area contributed by atoms with Crippen LogP contribution in [0, 0.1) is 0 Å². The summed E-state index contributed by atoms with van der Waals surface area (Å²) in [6.45, 7) is -0.238. The number of imide groups is 1. The number of nitrogens with zero attached hydrogens (tertiary/aromatic N) is 2. The summed E-state index contributed by atoms with van der Waals surface area (Å²) in [5.74, 6) is -0.686. The first-order valence-electron chi connectivity index (χ1n) is 9.97. The zero-order valence-electron chi connectivity index (χ0n) is 17.3. The lowest BCUT2D eigenvalue weighted by Gasteiger charge is -2.32. The molecule has 0 saturated carbocycles. The first-order valence-corrected chi connectivity index (χ1v) is 11.6. The molecule has 178 valence electrons. The van der Waals surface area contributed by atoms with Gasteiger partial charge in [-0.25, -0.2) is 17.5 Å². The summed E-state index contributed by atoms with van der Waals surface area (Å²) in [7, 11) is -2.44. The molecule has 9 nitrogen and oxygen atoms in total. The average molecular weight is 479 g/mol. The van der Waals surface area contributed by atoms with Gasteiger partial charge in [0.1, 0.15) is 12.1 Å². The minimum Gasteiger partial charge on any atom is -0.489 e. The molecular formula is C19H24F3N3O6S. The van der Waals surface area contributed by atoms with Crippen LogP contribution >= 0.6 is 0 Å². The third-order valence-corrected chi connectivity index (χ3v) is 7.16. The topological polar surface area (TPSA) is 105 Å². The van der Waals surface area contributed by atoms with Crippen LogP contribution in [-0.2, 0) is 14.8 Å². The highest BCUT2D eigenvalue weighted by Gasteiger charge is 2.41. The molecule has 0 spiro atoms. The summed E-state index contributed by atoms with van der Waals surface area (Å²) in [6.07, 6.45) is -5.07. The fourth-order valence-corrected chi connectivity index (χ4v) is 5.19. The van der Waals surface area contributed by atoms with Gasteiger partial charge in [-0.15, -0.1) is 0 Å². The van der Waals surface area contributed by atoms with Crippen molar-refractivity contribution in [3.05, 3.63) is 24.3 Å². The van der Waals surface area contributed by atoms with Crippen LogP contribution in [0.5, 0.6) is 11.5 Å². The Morgan fingerprint density at radius 2 is 1.75 bits per heavy atom. The normalized spacial score (nSPS) is 21.0. The molecule has 0 unspecified atom stereocenters. The number of benzene rings is 1. The lowest BCUT2D eigenvalue weighted by molar-refractivity contribution is -0.139. The molecule has 32 heavy (non-hydrogen) atoms. The van der Waals surface area contributed by atoms with E-state index in [4.69, 9.17) is 9.47 Å². The molecule has 1 atom stereocenters. The predicted molar refractivity (Wildman–Crippen MR) is 107 cm³/mol. The van der Waals surface area contributed by atoms with Crippen molar-refractivity contribution < 1.29 is 40.7 Å². The van der Waals surface area contributed by atoms with Gasteiger partial charge in [-0.3, -0.25) is 10.1 Å². The van der Waals surface area contributed by atoms with E-state index >= 15 is 0 Å². The number of likely N-dealkylation sites (N-methyl/N-ethyl adjacent to an activating group) is 1. The second-order valence-corrected chi connectivity index (χ2v) is 9.59. The minimum absolute atomic E-state index is 0.149. The molecule has 3 rings (SSSR count). The number of amides is 3. The number of nitrogens with one attached hydrogen (secondary N) is 1. The van der Waals surface area contributed by atoms with Gasteiger partial charge in [-0.2, -0.15) is 13.2 Å². The number of urea groups is 1. The first-order chi connectivity index (χ1) is 15.0. The van der Waals surface area contributed by atoms with E-state index in [1.807, 2.05) is 0 Å². The van der Waals surface area contributed by atoms with Crippen LogP contribution in [0.1, 0.15) is 19.3 Å². The number of alkyl halides is 3. The van der Waals surface area contributed by atoms with Gasteiger partial charge < -0.3 is 14.4 Å². The molecule has 2 saturated heterocycles. The largest absolute Gasteiger partial charge is 0.489 e. The number of para-hydroxylation sites is 2. The number of halogens is 3. The van der Waals surface area contributed by atoms with E-state index in [-0.39, 0.29) is 24.9 Å². The predicted octanol–water partition coefficient (Wildman–Crippen LogP) is 1.74. The summed E-state index contributed by atoms with van der Waals surface area (Å²) in [5.41, 5.74) is 0. The number of ether oxygens (including phenoxy) is 2. The third kappa shape index (κ3) is 6.03. The molecule has 3 amide bonds. The SMILES string of the molecule is CN1C(=O)NC(=O)[C@H]1CS(=O)(=O)N1CCC(Oc2ccccc2OCCC(F)(F)F)CC1. The van der Waals surface area contributed by atoms with E-state index < -0.39 is 53.0 Å². The Balaban J connectivity index is 1.54. The maximum Gasteiger partial charge on any atom is 0.392 e. The molecule has 2 aliphatic rings. The quantitative estimate of drug-likeness (QED) is 0.570. The van der Waals surface area contributed by atoms with Crippen LogP contribution in [0.3, 0.4) is 0 Å². The fourth-order valence-electron chi connectivity index (χ4n) is 3.44. The molecule has 0 bridgehead atoms. The van der Waals surface area contributed by atoms with Gasteiger partial charge in [-0.05, 0) is 25.0 Å². The van der Waals surface area contributed by atoms with E-state index in [9.17, 15) is 31.2 Å². The van der Waals surface area contributed by atoms with E-state index in [2.05, 4.69) is 5.32 Å². The van der Waals surface area contributed by atoms with Gasteiger partial charge in [0.2, 0.25) is 10.0 Å². The second-order valence-electron chi connectivity index (χ2n) is 7.58. The summed E-state index contributed by atoms with van der Waals surface area (Å²) < 4.78 is 74.8. The number of rotatable bonds is 8. The number of hydrogen-bond acceptors (Lipinski definition) is 6. The third-order valence-electron chi connectivity index (χ3n) is 5.27. The van der Waals surface area contributed by atoms with Crippen molar-refractivity contribution in [1.82, 2.24) is 14.5 Å². The number of carbonyl (C=O) groups is 2. The van der Waals surface area contributed by atoms with Crippen LogP contribution in [0.4, 0.5) is 18.0 Å². The van der Waals surface area contributed by atoms with E-state index in [1.165, 1.54) is 17.4 Å². The first kappa shape index (κ1) is 24.1. The van der Waals surface area contributed by atoms with E-state index in [0.717, 1.165) is 4.90 Å². The monoisotopic (exact) mass is 479 g/mol. The number of piperidine rings is 1. The standard InChI is InChI=1S/C19H24F3N3O6S/c1-24-14(17(26)23-18(24)27)12-32(28,29)25-9-6-13(7-10-25)31-16-5-3-2-4-15(16)30-11-8-19(20,21)22/h2-5,13-14H,6-12H2,1H3,(H,23,26,27)/t14-/m1/s1. The van der Waals surface area contributed by atoms with Crippen LogP contribution in [0.15, 0.2) is 24.3 Å². The Hall–Kier alpha value is -2.54. The Labute approximate surface area is 183 Å². The van der Waals surface area contributed by atoms with Crippen LogP contribution in [0.2, 0.25) is 0 Å². The summed E-state index contributed by atoms with van der Waals surface area (Å²) in [6, 6.07) is 4.65. The van der Waals surface area contributed by atoms with Crippen molar-refractivity contribution in [3.63, 3.8) is 0 Å². The molecule has 1 aromatic carbocycles. The molecule has 1 N–H and O–H groups in total. The minimum atomic E-state index is -4.32. The zero-order chi connectivity index (χ0) is 23.5. The maximum absolute atomic E-state index is 12.7. The highest BCUT2D eigenvalue weighted by atomic mass is 32.2. The molecule has 0 aromatic heterocycles. The van der Waals surface area contributed by atoms with Crippen molar-refractivity contribution in [2.45, 2.75) is 37.6 Å². The smallest absolute Gasteiger partial charge is 0.392 e. The number of sulfonamides is 1. The van der Waals surface area contributed by atoms with Gasteiger partial charge in [0, 0.05) is 20.1 Å². The van der Waals surface area contributed by atoms with Crippen molar-refractivity contribution in [1.29, 1.82) is 0 Å². The van der Waals surface area contributed by atoms with Gasteiger partial charge in [0.25, 0.3) is 5.91 Å². The highest BCUT2D eigenvalue weighted by molar-refractivity contribution is 7.89. The highest BCUT2D eigenvalue weighted by Crippen LogP contribution is 2.31. The fraction of sp³-hybridized carbons (Fsp3) is 0.579. The van der Waals surface area contributed by atoms with Gasteiger partial charge >= 0.3 is 12.2 Å². The van der Waals surface area contributed by atoms with Crippen molar-refractivity contribution in [3.8, 4) is 11.5 Å². The van der Waals surface area contributed by atoms with Gasteiger partial charge in [0.05, 0.1) is 18.8 Å². The van der Waals surface area contributed by atoms with Crippen LogP contribution < -0.4 is 14.8 Å². The summed E-state index contributed by atoms with van der Waals surface area (Å²) >= 11 is 0. The molecule has 2 fully saturated rings. The Morgan fingerprint density at radius 3 is 2.31 bits per heavy atom. The molecule has 2 aliphatic heterocycles. The van der Waals surface area contributed by atoms with Crippen LogP contribution in [0.25, 0.3) is 0 Å². The van der Waals surface area contributed by atoms with E-state index in [0.29, 0.717) is 18.6 Å². The molecule has 0 aliphatic carbocycles. The molecule has 13 heteroatoms. The molecule has 2 heterocycles. The molecular weight excluding hydrogens is 455 g/mol. The van der Waals surface area contributed by atoms with Gasteiger partial charge in [-0.1, -0.05) is 12.1 Å². The Morgan fingerprint density at radius 1 is 1.12 bits per heavy atom. The lowest BCUT2D eigenvalue weighted by Crippen LogP contribution is -2.47. The van der Waals surface area contributed by atoms with Crippen molar-refractivity contribution in [2.24, 2.45) is 0 Å². The van der Waals surface area contributed by atoms with Crippen molar-refractivity contribution in [2.75, 3.05) is 32.5 Å². The van der Waals surface area contributed by atoms with Gasteiger partial charge in [0.15, 0.2) is 11.5 Å². The second kappa shape index (κ2) is 9.53. The van der Waals surface area contributed by atoms with E-state index in [1.54, 1.807) is 18.2 Å². The lowest BCUT2D eigenvalue weighted by atomic mass is 10.1. The summed E-state index contributed by atoms with van der Waals surface area (Å²) in [4.78, 5) is 24.4. The maximum atomic E-state index is 12.7. The van der Waals surface area contributed by atoms with Crippen LogP contribution in [-0.4, -0.2) is 80.4 Å². The molecule has 1 aromatic rings. The Bertz CT molecular complexity index is 948. The molecule has 0 radical (unpaired) electrons. The Kier molecular flexibility index (Phi) is 7.18. The van der Waals surface area contributed by atoms with Crippen molar-refractivity contribution >= 4 is 22.0 Å².